The predicted molar refractivity (Wildman–Crippen MR) is 105 cm³/mol. The van der Waals surface area contributed by atoms with Crippen molar-refractivity contribution in [1.29, 1.82) is 0 Å². The van der Waals surface area contributed by atoms with Crippen molar-refractivity contribution in [1.82, 2.24) is 20.4 Å². The second-order valence-electron chi connectivity index (χ2n) is 6.25. The molecule has 28 heavy (non-hydrogen) atoms. The van der Waals surface area contributed by atoms with Crippen LogP contribution in [0.4, 0.5) is 5.95 Å². The molecule has 8 heteroatoms. The van der Waals surface area contributed by atoms with Crippen molar-refractivity contribution in [2.75, 3.05) is 19.0 Å². The Balaban J connectivity index is 1.67. The summed E-state index contributed by atoms with van der Waals surface area (Å²) in [6, 6.07) is 10.8. The number of aromatic nitrogens is 3. The van der Waals surface area contributed by atoms with Crippen LogP contribution in [0, 0.1) is 6.92 Å². The van der Waals surface area contributed by atoms with Gasteiger partial charge >= 0.3 is 0 Å². The van der Waals surface area contributed by atoms with E-state index in [2.05, 4.69) is 32.7 Å². The molecule has 0 fully saturated rings. The van der Waals surface area contributed by atoms with Gasteiger partial charge in [0.2, 0.25) is 11.7 Å². The van der Waals surface area contributed by atoms with Crippen LogP contribution < -0.4 is 15.4 Å². The fourth-order valence-corrected chi connectivity index (χ4v) is 2.53. The number of aryl methyl sites for hydroxylation is 1. The summed E-state index contributed by atoms with van der Waals surface area (Å²) in [6.07, 6.45) is 0.967. The second kappa shape index (κ2) is 8.98. The lowest BCUT2D eigenvalue weighted by Crippen LogP contribution is -2.22. The number of hydrogen-bond acceptors (Lipinski definition) is 7. The number of carbonyl (C=O) groups excluding carboxylic acids is 1. The van der Waals surface area contributed by atoms with Gasteiger partial charge in [-0.3, -0.25) is 4.79 Å². The van der Waals surface area contributed by atoms with E-state index in [0.29, 0.717) is 23.9 Å². The van der Waals surface area contributed by atoms with Gasteiger partial charge in [-0.15, -0.1) is 0 Å². The number of methoxy groups -OCH3 is 1. The lowest BCUT2D eigenvalue weighted by atomic mass is 10.2. The first-order valence-electron chi connectivity index (χ1n) is 9.07. The van der Waals surface area contributed by atoms with E-state index < -0.39 is 0 Å². The highest BCUT2D eigenvalue weighted by atomic mass is 16.5. The van der Waals surface area contributed by atoms with Crippen LogP contribution in [-0.2, 0) is 6.54 Å². The molecule has 2 aromatic heterocycles. The zero-order valence-corrected chi connectivity index (χ0v) is 16.2. The number of benzene rings is 1. The second-order valence-corrected chi connectivity index (χ2v) is 6.25. The van der Waals surface area contributed by atoms with Gasteiger partial charge in [-0.2, -0.15) is 0 Å². The summed E-state index contributed by atoms with van der Waals surface area (Å²) in [7, 11) is 1.61. The number of nitrogens with zero attached hydrogens (tertiary/aromatic N) is 3. The summed E-state index contributed by atoms with van der Waals surface area (Å²) in [4.78, 5) is 21.1. The third kappa shape index (κ3) is 4.85. The average Bonchev–Trinajstić information content (AvgIpc) is 3.21. The largest absolute Gasteiger partial charge is 0.497 e. The van der Waals surface area contributed by atoms with Crippen LogP contribution in [0.5, 0.6) is 5.75 Å². The van der Waals surface area contributed by atoms with E-state index in [4.69, 9.17) is 9.26 Å². The SMILES string of the molecule is CCCNc1nc(C)cc(-c2cc(C(=O)NCc3ccc(OC)cc3)on2)n1. The van der Waals surface area contributed by atoms with Crippen molar-refractivity contribution in [3.63, 3.8) is 0 Å². The summed E-state index contributed by atoms with van der Waals surface area (Å²) in [5.41, 5.74) is 2.84. The maximum atomic E-state index is 12.3. The highest BCUT2D eigenvalue weighted by Gasteiger charge is 2.15. The van der Waals surface area contributed by atoms with Gasteiger partial charge < -0.3 is 19.9 Å². The Bertz CT molecular complexity index is 937. The zero-order valence-electron chi connectivity index (χ0n) is 16.2. The smallest absolute Gasteiger partial charge is 0.290 e. The first-order valence-corrected chi connectivity index (χ1v) is 9.07. The maximum absolute atomic E-state index is 12.3. The lowest BCUT2D eigenvalue weighted by Gasteiger charge is -2.05. The molecule has 1 aromatic carbocycles. The van der Waals surface area contributed by atoms with Crippen LogP contribution in [0.15, 0.2) is 40.9 Å². The molecule has 0 aliphatic carbocycles. The maximum Gasteiger partial charge on any atom is 0.290 e. The summed E-state index contributed by atoms with van der Waals surface area (Å²) < 4.78 is 10.3. The molecule has 1 amide bonds. The molecule has 146 valence electrons. The quantitative estimate of drug-likeness (QED) is 0.618. The Morgan fingerprint density at radius 3 is 2.64 bits per heavy atom. The van der Waals surface area contributed by atoms with Gasteiger partial charge in [0.05, 0.1) is 12.8 Å². The molecule has 3 aromatic rings. The van der Waals surface area contributed by atoms with E-state index in [1.807, 2.05) is 31.2 Å². The van der Waals surface area contributed by atoms with E-state index in [0.717, 1.165) is 30.0 Å². The van der Waals surface area contributed by atoms with Crippen molar-refractivity contribution >= 4 is 11.9 Å². The summed E-state index contributed by atoms with van der Waals surface area (Å²) >= 11 is 0. The molecule has 2 N–H and O–H groups in total. The van der Waals surface area contributed by atoms with Gasteiger partial charge in [-0.25, -0.2) is 9.97 Å². The minimum atomic E-state index is -0.343. The summed E-state index contributed by atoms with van der Waals surface area (Å²) in [6.45, 7) is 5.10. The number of hydrogen-bond donors (Lipinski definition) is 2. The van der Waals surface area contributed by atoms with Crippen LogP contribution in [-0.4, -0.2) is 34.7 Å². The minimum absolute atomic E-state index is 0.128. The standard InChI is InChI=1S/C20H23N5O3/c1-4-9-21-20-23-13(2)10-16(24-20)17-11-18(28-25-17)19(26)22-12-14-5-7-15(27-3)8-6-14/h5-8,10-11H,4,9,12H2,1-3H3,(H,22,26)(H,21,23,24). The number of rotatable bonds is 8. The van der Waals surface area contributed by atoms with Gasteiger partial charge in [0.15, 0.2) is 0 Å². The number of nitrogens with one attached hydrogen (secondary N) is 2. The minimum Gasteiger partial charge on any atom is -0.497 e. The van der Waals surface area contributed by atoms with Gasteiger partial charge in [-0.1, -0.05) is 24.2 Å². The molecule has 0 aliphatic rings. The normalized spacial score (nSPS) is 10.5. The molecular weight excluding hydrogens is 358 g/mol. The Morgan fingerprint density at radius 1 is 1.14 bits per heavy atom. The van der Waals surface area contributed by atoms with Crippen LogP contribution in [0.2, 0.25) is 0 Å². The molecule has 3 rings (SSSR count). The summed E-state index contributed by atoms with van der Waals surface area (Å²) in [5.74, 6) is 1.08. The molecule has 0 radical (unpaired) electrons. The topological polar surface area (TPSA) is 102 Å². The highest BCUT2D eigenvalue weighted by Crippen LogP contribution is 2.19. The molecule has 0 spiro atoms. The molecule has 8 nitrogen and oxygen atoms in total. The first kappa shape index (κ1) is 19.3. The monoisotopic (exact) mass is 381 g/mol. The number of amides is 1. The zero-order chi connectivity index (χ0) is 19.9. The molecule has 0 saturated carbocycles. The Hall–Kier alpha value is -3.42. The molecule has 0 unspecified atom stereocenters. The molecule has 0 atom stereocenters. The molecular formula is C20H23N5O3. The number of carbonyl (C=O) groups is 1. The lowest BCUT2D eigenvalue weighted by molar-refractivity contribution is 0.0914. The molecule has 0 saturated heterocycles. The molecule has 2 heterocycles. The van der Waals surface area contributed by atoms with E-state index in [1.165, 1.54) is 0 Å². The van der Waals surface area contributed by atoms with E-state index in [9.17, 15) is 4.79 Å². The first-order chi connectivity index (χ1) is 13.6. The van der Waals surface area contributed by atoms with Gasteiger partial charge in [0.1, 0.15) is 11.4 Å². The average molecular weight is 381 g/mol. The van der Waals surface area contributed by atoms with Crippen LogP contribution in [0.25, 0.3) is 11.4 Å². The van der Waals surface area contributed by atoms with E-state index >= 15 is 0 Å². The molecule has 0 bridgehead atoms. The Kier molecular flexibility index (Phi) is 6.21. The van der Waals surface area contributed by atoms with E-state index in [1.54, 1.807) is 19.2 Å². The van der Waals surface area contributed by atoms with Gasteiger partial charge in [0.25, 0.3) is 5.91 Å². The van der Waals surface area contributed by atoms with Gasteiger partial charge in [-0.05, 0) is 37.1 Å². The Morgan fingerprint density at radius 2 is 1.93 bits per heavy atom. The van der Waals surface area contributed by atoms with E-state index in [-0.39, 0.29) is 11.7 Å². The van der Waals surface area contributed by atoms with Gasteiger partial charge in [0, 0.05) is 24.8 Å². The van der Waals surface area contributed by atoms with Crippen molar-refractivity contribution in [2.24, 2.45) is 0 Å². The molecule has 0 aliphatic heterocycles. The van der Waals surface area contributed by atoms with Crippen molar-refractivity contribution < 1.29 is 14.1 Å². The third-order valence-electron chi connectivity index (χ3n) is 4.00. The number of ether oxygens (including phenoxy) is 1. The number of anilines is 1. The fourth-order valence-electron chi connectivity index (χ4n) is 2.53. The van der Waals surface area contributed by atoms with Crippen LogP contribution in [0.3, 0.4) is 0 Å². The van der Waals surface area contributed by atoms with Crippen LogP contribution in [0.1, 0.15) is 35.2 Å². The summed E-state index contributed by atoms with van der Waals surface area (Å²) in [5, 5.41) is 9.94. The van der Waals surface area contributed by atoms with Crippen LogP contribution >= 0.6 is 0 Å². The third-order valence-corrected chi connectivity index (χ3v) is 4.00. The predicted octanol–water partition coefficient (Wildman–Crippen LogP) is 3.20. The fraction of sp³-hybridized carbons (Fsp3) is 0.300. The highest BCUT2D eigenvalue weighted by molar-refractivity contribution is 5.92. The van der Waals surface area contributed by atoms with Crippen molar-refractivity contribution in [3.05, 3.63) is 53.4 Å². The Labute approximate surface area is 163 Å². The van der Waals surface area contributed by atoms with Crippen molar-refractivity contribution in [3.8, 4) is 17.1 Å². The van der Waals surface area contributed by atoms with Crippen molar-refractivity contribution in [2.45, 2.75) is 26.8 Å².